The highest BCUT2D eigenvalue weighted by molar-refractivity contribution is 5.85. The number of hydrogen-bond donors (Lipinski definition) is 2. The Labute approximate surface area is 120 Å². The predicted octanol–water partition coefficient (Wildman–Crippen LogP) is 3.11. The minimum atomic E-state index is -0.358. The zero-order chi connectivity index (χ0) is 14.6. The minimum absolute atomic E-state index is 0.242. The molecule has 0 aromatic heterocycles. The van der Waals surface area contributed by atoms with Gasteiger partial charge >= 0.3 is 0 Å². The fourth-order valence-corrected chi connectivity index (χ4v) is 2.49. The van der Waals surface area contributed by atoms with Crippen molar-refractivity contribution in [1.82, 2.24) is 0 Å². The van der Waals surface area contributed by atoms with E-state index in [1.807, 2.05) is 19.9 Å². The van der Waals surface area contributed by atoms with Crippen LogP contribution in [-0.4, -0.2) is 17.6 Å². The van der Waals surface area contributed by atoms with E-state index < -0.39 is 0 Å². The average molecular weight is 276 g/mol. The Morgan fingerprint density at radius 2 is 2.00 bits per heavy atom. The van der Waals surface area contributed by atoms with Crippen LogP contribution >= 0.6 is 0 Å². The largest absolute Gasteiger partial charge is 0.494 e. The Balaban J connectivity index is 1.91. The van der Waals surface area contributed by atoms with Gasteiger partial charge in [-0.3, -0.25) is 0 Å². The van der Waals surface area contributed by atoms with Gasteiger partial charge in [-0.1, -0.05) is 25.1 Å². The van der Waals surface area contributed by atoms with E-state index in [-0.39, 0.29) is 11.3 Å². The van der Waals surface area contributed by atoms with Crippen molar-refractivity contribution in [1.29, 1.82) is 0 Å². The molecule has 20 heavy (non-hydrogen) atoms. The van der Waals surface area contributed by atoms with Crippen LogP contribution in [0.1, 0.15) is 44.2 Å². The van der Waals surface area contributed by atoms with Crippen molar-refractivity contribution in [3.8, 4) is 5.75 Å². The summed E-state index contributed by atoms with van der Waals surface area (Å²) in [7, 11) is 0. The molecule has 0 radical (unpaired) electrons. The molecule has 110 valence electrons. The molecule has 0 saturated carbocycles. The number of aryl methyl sites for hydroxylation is 2. The highest BCUT2D eigenvalue weighted by Gasteiger charge is 2.23. The van der Waals surface area contributed by atoms with Crippen molar-refractivity contribution in [2.75, 3.05) is 6.61 Å². The van der Waals surface area contributed by atoms with Crippen molar-refractivity contribution in [2.24, 2.45) is 16.3 Å². The van der Waals surface area contributed by atoms with Crippen LogP contribution in [0.3, 0.4) is 0 Å². The predicted molar refractivity (Wildman–Crippen MR) is 80.4 cm³/mol. The lowest BCUT2D eigenvalue weighted by Crippen LogP contribution is -2.33. The lowest BCUT2D eigenvalue weighted by molar-refractivity contribution is 0.259. The van der Waals surface area contributed by atoms with Gasteiger partial charge in [0.2, 0.25) is 0 Å². The molecule has 0 atom stereocenters. The van der Waals surface area contributed by atoms with E-state index in [1.54, 1.807) is 0 Å². The van der Waals surface area contributed by atoms with Gasteiger partial charge in [0.25, 0.3) is 0 Å². The lowest BCUT2D eigenvalue weighted by atomic mass is 9.88. The van der Waals surface area contributed by atoms with Crippen LogP contribution in [0, 0.1) is 5.41 Å². The molecule has 0 bridgehead atoms. The van der Waals surface area contributed by atoms with E-state index in [1.165, 1.54) is 30.4 Å². The van der Waals surface area contributed by atoms with Gasteiger partial charge in [0.15, 0.2) is 0 Å². The van der Waals surface area contributed by atoms with Crippen molar-refractivity contribution in [3.63, 3.8) is 0 Å². The van der Waals surface area contributed by atoms with E-state index in [0.29, 0.717) is 13.0 Å². The lowest BCUT2D eigenvalue weighted by Gasteiger charge is -2.23. The Bertz CT molecular complexity index is 495. The number of benzene rings is 1. The molecule has 1 aromatic rings. The first-order valence-electron chi connectivity index (χ1n) is 7.25. The summed E-state index contributed by atoms with van der Waals surface area (Å²) in [6, 6.07) is 6.38. The van der Waals surface area contributed by atoms with E-state index in [2.05, 4.69) is 17.3 Å². The van der Waals surface area contributed by atoms with Crippen molar-refractivity contribution >= 4 is 5.84 Å². The summed E-state index contributed by atoms with van der Waals surface area (Å²) in [5, 5.41) is 11.8. The van der Waals surface area contributed by atoms with Crippen LogP contribution in [0.5, 0.6) is 5.75 Å². The van der Waals surface area contributed by atoms with E-state index >= 15 is 0 Å². The van der Waals surface area contributed by atoms with E-state index in [4.69, 9.17) is 15.7 Å². The van der Waals surface area contributed by atoms with Crippen LogP contribution in [0.4, 0.5) is 0 Å². The van der Waals surface area contributed by atoms with Crippen LogP contribution in [0.2, 0.25) is 0 Å². The minimum Gasteiger partial charge on any atom is -0.494 e. The Morgan fingerprint density at radius 3 is 2.70 bits per heavy atom. The van der Waals surface area contributed by atoms with Gasteiger partial charge in [-0.05, 0) is 55.4 Å². The van der Waals surface area contributed by atoms with Crippen molar-refractivity contribution in [3.05, 3.63) is 29.3 Å². The summed E-state index contributed by atoms with van der Waals surface area (Å²) in [4.78, 5) is 0. The molecular formula is C16H24N2O2. The summed E-state index contributed by atoms with van der Waals surface area (Å²) in [6.45, 7) is 4.44. The maximum atomic E-state index is 8.74. The fourth-order valence-electron chi connectivity index (χ4n) is 2.49. The smallest absolute Gasteiger partial charge is 0.144 e. The molecule has 0 spiro atoms. The normalized spacial score (nSPS) is 15.8. The summed E-state index contributed by atoms with van der Waals surface area (Å²) in [5.74, 6) is 1.16. The molecule has 0 unspecified atom stereocenters. The second kappa shape index (κ2) is 6.16. The molecule has 1 aliphatic rings. The van der Waals surface area contributed by atoms with Crippen LogP contribution in [0.25, 0.3) is 0 Å². The number of rotatable bonds is 5. The third kappa shape index (κ3) is 3.44. The summed E-state index contributed by atoms with van der Waals surface area (Å²) in [6.07, 6.45) is 5.61. The number of oxime groups is 1. The topological polar surface area (TPSA) is 67.8 Å². The Hall–Kier alpha value is -1.71. The molecule has 0 amide bonds. The van der Waals surface area contributed by atoms with Gasteiger partial charge in [-0.2, -0.15) is 0 Å². The molecule has 0 fully saturated rings. The van der Waals surface area contributed by atoms with Gasteiger partial charge in [-0.15, -0.1) is 0 Å². The molecule has 2 rings (SSSR count). The van der Waals surface area contributed by atoms with Gasteiger partial charge in [0.05, 0.1) is 6.61 Å². The summed E-state index contributed by atoms with van der Waals surface area (Å²) in [5.41, 5.74) is 8.19. The molecule has 0 heterocycles. The quantitative estimate of drug-likeness (QED) is 0.376. The van der Waals surface area contributed by atoms with E-state index in [0.717, 1.165) is 12.2 Å². The first-order valence-corrected chi connectivity index (χ1v) is 7.25. The molecular weight excluding hydrogens is 252 g/mol. The van der Waals surface area contributed by atoms with Crippen molar-refractivity contribution < 1.29 is 9.94 Å². The molecule has 1 aliphatic carbocycles. The second-order valence-corrected chi connectivity index (χ2v) is 6.11. The summed E-state index contributed by atoms with van der Waals surface area (Å²) >= 11 is 0. The number of fused-ring (bicyclic) bond motifs is 1. The molecule has 3 N–H and O–H groups in total. The number of ether oxygens (including phenoxy) is 1. The van der Waals surface area contributed by atoms with Gasteiger partial charge in [0.1, 0.15) is 11.6 Å². The monoisotopic (exact) mass is 276 g/mol. The Kier molecular flexibility index (Phi) is 4.53. The fraction of sp³-hybridized carbons (Fsp3) is 0.562. The molecule has 0 aliphatic heterocycles. The van der Waals surface area contributed by atoms with Crippen LogP contribution < -0.4 is 10.5 Å². The SMILES string of the molecule is CC(C)(CCOc1ccc2c(c1)CCCC2)C(N)=NO. The van der Waals surface area contributed by atoms with Crippen LogP contribution in [-0.2, 0) is 12.8 Å². The maximum Gasteiger partial charge on any atom is 0.144 e. The average Bonchev–Trinajstić information content (AvgIpc) is 2.46. The third-order valence-corrected chi connectivity index (χ3v) is 4.12. The second-order valence-electron chi connectivity index (χ2n) is 6.11. The molecule has 0 saturated heterocycles. The van der Waals surface area contributed by atoms with Gasteiger partial charge in [0, 0.05) is 5.41 Å². The van der Waals surface area contributed by atoms with Gasteiger partial charge in [-0.25, -0.2) is 0 Å². The highest BCUT2D eigenvalue weighted by Crippen LogP contribution is 2.26. The zero-order valence-electron chi connectivity index (χ0n) is 12.4. The number of amidine groups is 1. The number of hydrogen-bond acceptors (Lipinski definition) is 3. The highest BCUT2D eigenvalue weighted by atomic mass is 16.5. The van der Waals surface area contributed by atoms with Gasteiger partial charge < -0.3 is 15.7 Å². The summed E-state index contributed by atoms with van der Waals surface area (Å²) < 4.78 is 5.81. The Morgan fingerprint density at radius 1 is 1.30 bits per heavy atom. The first-order chi connectivity index (χ1) is 9.53. The third-order valence-electron chi connectivity index (χ3n) is 4.12. The van der Waals surface area contributed by atoms with Crippen molar-refractivity contribution in [2.45, 2.75) is 46.0 Å². The van der Waals surface area contributed by atoms with Crippen LogP contribution in [0.15, 0.2) is 23.4 Å². The number of nitrogens with two attached hydrogens (primary N) is 1. The zero-order valence-corrected chi connectivity index (χ0v) is 12.4. The molecule has 4 heteroatoms. The molecule has 1 aromatic carbocycles. The first kappa shape index (κ1) is 14.7. The molecule has 4 nitrogen and oxygen atoms in total. The standard InChI is InChI=1S/C16H24N2O2/c1-16(2,15(17)18-19)9-10-20-14-8-7-12-5-3-4-6-13(12)11-14/h7-8,11,19H,3-6,9-10H2,1-2H3,(H2,17,18). The number of nitrogens with zero attached hydrogens (tertiary/aromatic N) is 1. The maximum absolute atomic E-state index is 8.74. The van der Waals surface area contributed by atoms with E-state index in [9.17, 15) is 0 Å².